The van der Waals surface area contributed by atoms with Crippen molar-refractivity contribution in [3.05, 3.63) is 47.2 Å². The molecule has 1 unspecified atom stereocenters. The number of rotatable bonds is 6. The van der Waals surface area contributed by atoms with E-state index in [-0.39, 0.29) is 18.2 Å². The number of nitrogens with one attached hydrogen (secondary N) is 1. The third kappa shape index (κ3) is 4.75. The molecule has 4 rings (SSSR count). The average Bonchev–Trinajstić information content (AvgIpc) is 3.40. The van der Waals surface area contributed by atoms with Gasteiger partial charge in [-0.25, -0.2) is 0 Å². The Labute approximate surface area is 169 Å². The third-order valence-electron chi connectivity index (χ3n) is 5.22. The van der Waals surface area contributed by atoms with E-state index in [0.29, 0.717) is 31.3 Å². The fourth-order valence-corrected chi connectivity index (χ4v) is 3.91. The van der Waals surface area contributed by atoms with Crippen molar-refractivity contribution < 1.29 is 18.7 Å². The number of hydrogen-bond acceptors (Lipinski definition) is 5. The maximum Gasteiger partial charge on any atom is 0.234 e. The van der Waals surface area contributed by atoms with E-state index in [2.05, 4.69) is 10.2 Å². The molecule has 0 bridgehead atoms. The number of amides is 1. The number of nitrogens with zero attached hydrogens (tertiary/aromatic N) is 1. The van der Waals surface area contributed by atoms with Gasteiger partial charge in [0.05, 0.1) is 32.3 Å². The van der Waals surface area contributed by atoms with Gasteiger partial charge in [-0.3, -0.25) is 9.69 Å². The Bertz CT molecular complexity index is 786. The molecule has 2 aliphatic heterocycles. The van der Waals surface area contributed by atoms with Crippen LogP contribution < -0.4 is 5.32 Å². The molecule has 3 heterocycles. The van der Waals surface area contributed by atoms with E-state index >= 15 is 0 Å². The first-order valence-corrected chi connectivity index (χ1v) is 10.2. The molecule has 2 aliphatic rings. The number of hydrogen-bond donors (Lipinski definition) is 1. The highest BCUT2D eigenvalue weighted by molar-refractivity contribution is 6.30. The van der Waals surface area contributed by atoms with E-state index in [1.165, 1.54) is 0 Å². The summed E-state index contributed by atoms with van der Waals surface area (Å²) in [5.74, 6) is 1.46. The summed E-state index contributed by atoms with van der Waals surface area (Å²) >= 11 is 5.92. The summed E-state index contributed by atoms with van der Waals surface area (Å²) in [6.45, 7) is 2.87. The van der Waals surface area contributed by atoms with E-state index in [1.54, 1.807) is 0 Å². The molecule has 0 aliphatic carbocycles. The van der Waals surface area contributed by atoms with E-state index < -0.39 is 0 Å². The minimum Gasteiger partial charge on any atom is -0.459 e. The zero-order valence-electron chi connectivity index (χ0n) is 15.7. The summed E-state index contributed by atoms with van der Waals surface area (Å²) in [7, 11) is 0. The lowest BCUT2D eigenvalue weighted by molar-refractivity contribution is -0.131. The Morgan fingerprint density at radius 3 is 2.68 bits per heavy atom. The van der Waals surface area contributed by atoms with Gasteiger partial charge in [-0.1, -0.05) is 18.0 Å². The molecule has 1 amide bonds. The van der Waals surface area contributed by atoms with Crippen LogP contribution in [0.1, 0.15) is 25.0 Å². The van der Waals surface area contributed by atoms with Crippen molar-refractivity contribution >= 4 is 17.5 Å². The molecule has 0 saturated carbocycles. The van der Waals surface area contributed by atoms with Crippen molar-refractivity contribution in [2.45, 2.75) is 38.1 Å². The second kappa shape index (κ2) is 9.09. The van der Waals surface area contributed by atoms with Gasteiger partial charge in [0.1, 0.15) is 11.5 Å². The summed E-state index contributed by atoms with van der Waals surface area (Å²) in [6, 6.07) is 11.4. The minimum absolute atomic E-state index is 0.0191. The predicted molar refractivity (Wildman–Crippen MR) is 106 cm³/mol. The first-order valence-electron chi connectivity index (χ1n) is 9.78. The monoisotopic (exact) mass is 404 g/mol. The highest BCUT2D eigenvalue weighted by Crippen LogP contribution is 2.25. The minimum atomic E-state index is -0.208. The zero-order chi connectivity index (χ0) is 19.3. The highest BCUT2D eigenvalue weighted by atomic mass is 35.5. The van der Waals surface area contributed by atoms with Crippen LogP contribution >= 0.6 is 11.6 Å². The Kier molecular flexibility index (Phi) is 6.32. The van der Waals surface area contributed by atoms with Gasteiger partial charge in [-0.05, 0) is 55.8 Å². The second-order valence-electron chi connectivity index (χ2n) is 7.19. The lowest BCUT2D eigenvalue weighted by Gasteiger charge is -2.37. The summed E-state index contributed by atoms with van der Waals surface area (Å²) in [4.78, 5) is 14.6. The fourth-order valence-electron chi connectivity index (χ4n) is 3.79. The van der Waals surface area contributed by atoms with Crippen molar-refractivity contribution in [3.8, 4) is 11.3 Å². The standard InChI is InChI=1S/C21H25ClN2O4/c22-16-6-4-15(5-7-16)19-9-8-17(28-19)13-23-20(25)14-24-10-2-1-3-18(24)21-26-11-12-27-21/h4-9,18,21H,1-3,10-14H2,(H,23,25). The molecule has 1 atom stereocenters. The van der Waals surface area contributed by atoms with Gasteiger partial charge >= 0.3 is 0 Å². The normalized spacial score (nSPS) is 21.1. The van der Waals surface area contributed by atoms with Crippen LogP contribution in [0.15, 0.2) is 40.8 Å². The summed E-state index contributed by atoms with van der Waals surface area (Å²) < 4.78 is 17.2. The molecule has 1 aromatic carbocycles. The van der Waals surface area contributed by atoms with Gasteiger partial charge in [0.2, 0.25) is 5.91 Å². The first-order chi connectivity index (χ1) is 13.7. The van der Waals surface area contributed by atoms with Crippen LogP contribution in [0.5, 0.6) is 0 Å². The Hall–Kier alpha value is -1.86. The maximum atomic E-state index is 12.5. The number of carbonyl (C=O) groups is 1. The van der Waals surface area contributed by atoms with Crippen LogP contribution in [0.25, 0.3) is 11.3 Å². The van der Waals surface area contributed by atoms with Crippen LogP contribution in [0, 0.1) is 0 Å². The predicted octanol–water partition coefficient (Wildman–Crippen LogP) is 3.44. The number of ether oxygens (including phenoxy) is 2. The Balaban J connectivity index is 1.30. The number of likely N-dealkylation sites (tertiary alicyclic amines) is 1. The molecule has 2 aromatic rings. The maximum absolute atomic E-state index is 12.5. The number of halogens is 1. The molecule has 1 N–H and O–H groups in total. The third-order valence-corrected chi connectivity index (χ3v) is 5.47. The van der Waals surface area contributed by atoms with Gasteiger partial charge in [-0.15, -0.1) is 0 Å². The molecule has 1 aromatic heterocycles. The van der Waals surface area contributed by atoms with Gasteiger partial charge in [-0.2, -0.15) is 0 Å². The second-order valence-corrected chi connectivity index (χ2v) is 7.63. The molecule has 28 heavy (non-hydrogen) atoms. The highest BCUT2D eigenvalue weighted by Gasteiger charge is 2.34. The van der Waals surface area contributed by atoms with Gasteiger partial charge < -0.3 is 19.2 Å². The van der Waals surface area contributed by atoms with Gasteiger partial charge in [0.25, 0.3) is 0 Å². The largest absolute Gasteiger partial charge is 0.459 e. The van der Waals surface area contributed by atoms with E-state index in [0.717, 1.165) is 42.9 Å². The molecular weight excluding hydrogens is 380 g/mol. The van der Waals surface area contributed by atoms with Crippen LogP contribution in [-0.2, 0) is 20.8 Å². The van der Waals surface area contributed by atoms with Gasteiger partial charge in [0.15, 0.2) is 6.29 Å². The molecule has 150 valence electrons. The van der Waals surface area contributed by atoms with E-state index in [1.807, 2.05) is 36.4 Å². The van der Waals surface area contributed by atoms with E-state index in [9.17, 15) is 4.79 Å². The lowest BCUT2D eigenvalue weighted by atomic mass is 10.0. The Morgan fingerprint density at radius 2 is 1.89 bits per heavy atom. The molecule has 0 radical (unpaired) electrons. The summed E-state index contributed by atoms with van der Waals surface area (Å²) in [5, 5.41) is 3.64. The summed E-state index contributed by atoms with van der Waals surface area (Å²) in [6.07, 6.45) is 3.03. The van der Waals surface area contributed by atoms with Crippen molar-refractivity contribution in [2.75, 3.05) is 26.3 Å². The fraction of sp³-hybridized carbons (Fsp3) is 0.476. The van der Waals surface area contributed by atoms with Crippen molar-refractivity contribution in [1.82, 2.24) is 10.2 Å². The van der Waals surface area contributed by atoms with E-state index in [4.69, 9.17) is 25.5 Å². The average molecular weight is 405 g/mol. The zero-order valence-corrected chi connectivity index (χ0v) is 16.5. The van der Waals surface area contributed by atoms with Gasteiger partial charge in [0, 0.05) is 10.6 Å². The Morgan fingerprint density at radius 1 is 1.11 bits per heavy atom. The van der Waals surface area contributed by atoms with Crippen molar-refractivity contribution in [2.24, 2.45) is 0 Å². The molecule has 2 saturated heterocycles. The first kappa shape index (κ1) is 19.5. The summed E-state index contributed by atoms with van der Waals surface area (Å²) in [5.41, 5.74) is 0.953. The van der Waals surface area contributed by atoms with Crippen molar-refractivity contribution in [3.63, 3.8) is 0 Å². The molecule has 2 fully saturated rings. The molecule has 6 nitrogen and oxygen atoms in total. The van der Waals surface area contributed by atoms with Crippen LogP contribution in [0.4, 0.5) is 0 Å². The number of benzene rings is 1. The van der Waals surface area contributed by atoms with Crippen LogP contribution in [-0.4, -0.2) is 49.4 Å². The quantitative estimate of drug-likeness (QED) is 0.799. The number of carbonyl (C=O) groups excluding carboxylic acids is 1. The van der Waals surface area contributed by atoms with Crippen molar-refractivity contribution in [1.29, 1.82) is 0 Å². The van der Waals surface area contributed by atoms with Crippen LogP contribution in [0.2, 0.25) is 5.02 Å². The number of piperidine rings is 1. The topological polar surface area (TPSA) is 63.9 Å². The lowest BCUT2D eigenvalue weighted by Crippen LogP contribution is -2.50. The molecule has 7 heteroatoms. The number of furan rings is 1. The molecule has 0 spiro atoms. The van der Waals surface area contributed by atoms with Crippen LogP contribution in [0.3, 0.4) is 0 Å². The smallest absolute Gasteiger partial charge is 0.234 e. The molecular formula is C21H25ClN2O4. The SMILES string of the molecule is O=C(CN1CCCCC1C1OCCO1)NCc1ccc(-c2ccc(Cl)cc2)o1.